The number of ether oxygens (including phenoxy) is 5. The molecule has 5 heteroatoms. The highest BCUT2D eigenvalue weighted by molar-refractivity contribution is 5.54. The minimum absolute atomic E-state index is 0.260. The Bertz CT molecular complexity index is 726. The van der Waals surface area contributed by atoms with Gasteiger partial charge < -0.3 is 23.7 Å². The molecule has 120 valence electrons. The van der Waals surface area contributed by atoms with Gasteiger partial charge in [0.1, 0.15) is 5.75 Å². The van der Waals surface area contributed by atoms with Crippen molar-refractivity contribution in [2.75, 3.05) is 20.2 Å². The van der Waals surface area contributed by atoms with Crippen LogP contribution >= 0.6 is 0 Å². The topological polar surface area (TPSA) is 46.2 Å². The van der Waals surface area contributed by atoms with Crippen LogP contribution in [0.2, 0.25) is 0 Å². The summed E-state index contributed by atoms with van der Waals surface area (Å²) < 4.78 is 27.6. The van der Waals surface area contributed by atoms with Crippen LogP contribution in [0.15, 0.2) is 30.3 Å². The van der Waals surface area contributed by atoms with E-state index in [-0.39, 0.29) is 13.6 Å². The van der Waals surface area contributed by atoms with Gasteiger partial charge in [0.05, 0.1) is 6.61 Å². The van der Waals surface area contributed by atoms with Crippen LogP contribution in [0.1, 0.15) is 24.5 Å². The second-order valence-electron chi connectivity index (χ2n) is 5.53. The Morgan fingerprint density at radius 1 is 0.870 bits per heavy atom. The third kappa shape index (κ3) is 2.74. The number of hydrogen-bond donors (Lipinski definition) is 0. The van der Waals surface area contributed by atoms with E-state index in [1.807, 2.05) is 30.3 Å². The molecule has 0 saturated heterocycles. The molecule has 0 spiro atoms. The third-order valence-electron chi connectivity index (χ3n) is 3.85. The quantitative estimate of drug-likeness (QED) is 0.845. The molecule has 0 saturated carbocycles. The Morgan fingerprint density at radius 3 is 2.35 bits per heavy atom. The predicted molar refractivity (Wildman–Crippen MR) is 83.7 cm³/mol. The van der Waals surface area contributed by atoms with Crippen LogP contribution in [0, 0.1) is 0 Å². The summed E-state index contributed by atoms with van der Waals surface area (Å²) in [4.78, 5) is 0. The molecular weight excluding hydrogens is 296 g/mol. The monoisotopic (exact) mass is 314 g/mol. The van der Waals surface area contributed by atoms with Gasteiger partial charge in [-0.2, -0.15) is 0 Å². The van der Waals surface area contributed by atoms with Crippen molar-refractivity contribution in [2.24, 2.45) is 0 Å². The molecule has 0 unspecified atom stereocenters. The molecule has 23 heavy (non-hydrogen) atoms. The summed E-state index contributed by atoms with van der Waals surface area (Å²) in [6.45, 7) is 3.31. The maximum atomic E-state index is 5.88. The molecule has 0 amide bonds. The van der Waals surface area contributed by atoms with Crippen molar-refractivity contribution in [3.05, 3.63) is 41.5 Å². The fourth-order valence-electron chi connectivity index (χ4n) is 2.72. The molecule has 0 radical (unpaired) electrons. The van der Waals surface area contributed by atoms with Gasteiger partial charge in [-0.3, -0.25) is 0 Å². The third-order valence-corrected chi connectivity index (χ3v) is 3.85. The van der Waals surface area contributed by atoms with Crippen molar-refractivity contribution in [1.29, 1.82) is 0 Å². The zero-order valence-corrected chi connectivity index (χ0v) is 13.0. The molecule has 2 aromatic rings. The maximum Gasteiger partial charge on any atom is 0.231 e. The lowest BCUT2D eigenvalue weighted by atomic mass is 10.0. The molecule has 2 aromatic carbocycles. The second kappa shape index (κ2) is 5.91. The van der Waals surface area contributed by atoms with Crippen molar-refractivity contribution in [3.8, 4) is 28.7 Å². The van der Waals surface area contributed by atoms with Gasteiger partial charge in [-0.1, -0.05) is 13.0 Å². The molecule has 2 aliphatic rings. The van der Waals surface area contributed by atoms with Gasteiger partial charge in [0.2, 0.25) is 13.6 Å². The summed E-state index contributed by atoms with van der Waals surface area (Å²) in [5.41, 5.74) is 2.20. The molecular formula is C18H18O5. The Hall–Kier alpha value is -2.56. The van der Waals surface area contributed by atoms with E-state index < -0.39 is 0 Å². The highest BCUT2D eigenvalue weighted by Crippen LogP contribution is 2.40. The van der Waals surface area contributed by atoms with E-state index in [0.29, 0.717) is 6.61 Å². The average molecular weight is 314 g/mol. The Kier molecular flexibility index (Phi) is 3.61. The van der Waals surface area contributed by atoms with Crippen molar-refractivity contribution in [1.82, 2.24) is 0 Å². The first-order chi connectivity index (χ1) is 11.3. The number of hydrogen-bond acceptors (Lipinski definition) is 5. The molecule has 0 aromatic heterocycles. The highest BCUT2D eigenvalue weighted by atomic mass is 16.7. The standard InChI is InChI=1S/C18H18O5/c1-2-5-19-15-9-18-17(22-11-23-18)8-13(15)6-12-3-4-14-16(7-12)21-10-20-14/h3-4,7-9H,2,5-6,10-11H2,1H3. The van der Waals surface area contributed by atoms with Crippen molar-refractivity contribution in [3.63, 3.8) is 0 Å². The Balaban J connectivity index is 1.64. The predicted octanol–water partition coefficient (Wildman–Crippen LogP) is 3.52. The van der Waals surface area contributed by atoms with E-state index in [0.717, 1.165) is 52.7 Å². The van der Waals surface area contributed by atoms with Gasteiger partial charge in [-0.15, -0.1) is 0 Å². The SMILES string of the molecule is CCCOc1cc2c(cc1Cc1ccc3c(c1)OCO3)OCO2. The fraction of sp³-hybridized carbons (Fsp3) is 0.333. The molecule has 0 aliphatic carbocycles. The lowest BCUT2D eigenvalue weighted by Crippen LogP contribution is -2.00. The Morgan fingerprint density at radius 2 is 1.57 bits per heavy atom. The van der Waals surface area contributed by atoms with E-state index in [2.05, 4.69) is 6.92 Å². The van der Waals surface area contributed by atoms with Crippen molar-refractivity contribution in [2.45, 2.75) is 19.8 Å². The normalized spacial score (nSPS) is 14.1. The molecule has 0 atom stereocenters. The molecule has 0 N–H and O–H groups in total. The summed E-state index contributed by atoms with van der Waals surface area (Å²) in [6, 6.07) is 9.91. The van der Waals surface area contributed by atoms with Gasteiger partial charge >= 0.3 is 0 Å². The van der Waals surface area contributed by atoms with Crippen LogP contribution in [-0.2, 0) is 6.42 Å². The maximum absolute atomic E-state index is 5.88. The summed E-state index contributed by atoms with van der Waals surface area (Å²) in [6.07, 6.45) is 1.68. The minimum atomic E-state index is 0.260. The van der Waals surface area contributed by atoms with Crippen LogP contribution in [0.25, 0.3) is 0 Å². The zero-order valence-electron chi connectivity index (χ0n) is 13.0. The molecule has 0 fully saturated rings. The molecule has 2 aliphatic heterocycles. The van der Waals surface area contributed by atoms with Crippen molar-refractivity contribution >= 4 is 0 Å². The summed E-state index contributed by atoms with van der Waals surface area (Å²) in [5, 5.41) is 0. The lowest BCUT2D eigenvalue weighted by Gasteiger charge is -2.12. The average Bonchev–Trinajstić information content (AvgIpc) is 3.20. The van der Waals surface area contributed by atoms with Crippen LogP contribution < -0.4 is 23.7 Å². The number of rotatable bonds is 5. The minimum Gasteiger partial charge on any atom is -0.493 e. The first kappa shape index (κ1) is 14.1. The zero-order chi connectivity index (χ0) is 15.6. The molecule has 4 rings (SSSR count). The van der Waals surface area contributed by atoms with Crippen LogP contribution in [0.3, 0.4) is 0 Å². The first-order valence-corrected chi connectivity index (χ1v) is 7.77. The number of benzene rings is 2. The van der Waals surface area contributed by atoms with Gasteiger partial charge in [0.25, 0.3) is 0 Å². The smallest absolute Gasteiger partial charge is 0.231 e. The van der Waals surface area contributed by atoms with E-state index in [1.165, 1.54) is 0 Å². The second-order valence-corrected chi connectivity index (χ2v) is 5.53. The number of fused-ring (bicyclic) bond motifs is 2. The summed E-state index contributed by atoms with van der Waals surface area (Å²) in [7, 11) is 0. The Labute approximate surface area is 134 Å². The van der Waals surface area contributed by atoms with Crippen LogP contribution in [0.5, 0.6) is 28.7 Å². The van der Waals surface area contributed by atoms with E-state index in [4.69, 9.17) is 23.7 Å². The van der Waals surface area contributed by atoms with E-state index in [1.54, 1.807) is 0 Å². The van der Waals surface area contributed by atoms with Gasteiger partial charge in [0, 0.05) is 18.1 Å². The van der Waals surface area contributed by atoms with Gasteiger partial charge in [-0.25, -0.2) is 0 Å². The summed E-state index contributed by atoms with van der Waals surface area (Å²) in [5.74, 6) is 3.94. The molecule has 5 nitrogen and oxygen atoms in total. The first-order valence-electron chi connectivity index (χ1n) is 7.77. The largest absolute Gasteiger partial charge is 0.493 e. The van der Waals surface area contributed by atoms with E-state index >= 15 is 0 Å². The summed E-state index contributed by atoms with van der Waals surface area (Å²) >= 11 is 0. The fourth-order valence-corrected chi connectivity index (χ4v) is 2.72. The van der Waals surface area contributed by atoms with Crippen LogP contribution in [-0.4, -0.2) is 20.2 Å². The molecule has 0 bridgehead atoms. The highest BCUT2D eigenvalue weighted by Gasteiger charge is 2.19. The van der Waals surface area contributed by atoms with E-state index in [9.17, 15) is 0 Å². The lowest BCUT2D eigenvalue weighted by molar-refractivity contribution is 0.173. The van der Waals surface area contributed by atoms with Crippen LogP contribution in [0.4, 0.5) is 0 Å². The van der Waals surface area contributed by atoms with Gasteiger partial charge in [0.15, 0.2) is 23.0 Å². The van der Waals surface area contributed by atoms with Gasteiger partial charge in [-0.05, 0) is 30.2 Å². The molecule has 2 heterocycles. The van der Waals surface area contributed by atoms with Crippen molar-refractivity contribution < 1.29 is 23.7 Å².